The van der Waals surface area contributed by atoms with E-state index in [4.69, 9.17) is 16.9 Å². The number of nitrogens with one attached hydrogen (secondary N) is 1. The summed E-state index contributed by atoms with van der Waals surface area (Å²) in [7, 11) is 0. The first-order valence-corrected chi connectivity index (χ1v) is 5.50. The lowest BCUT2D eigenvalue weighted by Crippen LogP contribution is -1.99. The molecule has 0 heterocycles. The van der Waals surface area contributed by atoms with E-state index in [0.717, 1.165) is 0 Å². The van der Waals surface area contributed by atoms with Crippen molar-refractivity contribution in [2.45, 2.75) is 0 Å². The SMILES string of the molecule is N#Cc1ccc(Cl)cc1Nc1cc(F)c(F)cc1F. The molecule has 0 bridgehead atoms. The summed E-state index contributed by atoms with van der Waals surface area (Å²) in [6.07, 6.45) is 0. The molecule has 2 rings (SSSR count). The van der Waals surface area contributed by atoms with E-state index in [1.165, 1.54) is 18.2 Å². The average Bonchev–Trinajstić information content (AvgIpc) is 2.36. The molecule has 0 atom stereocenters. The molecular formula is C13H6ClF3N2. The molecule has 2 aromatic rings. The van der Waals surface area contributed by atoms with Crippen LogP contribution in [-0.4, -0.2) is 0 Å². The summed E-state index contributed by atoms with van der Waals surface area (Å²) in [5, 5.41) is 11.7. The molecule has 1 N–H and O–H groups in total. The van der Waals surface area contributed by atoms with Crippen LogP contribution in [0.15, 0.2) is 30.3 Å². The maximum Gasteiger partial charge on any atom is 0.161 e. The number of nitriles is 1. The number of hydrogen-bond donors (Lipinski definition) is 1. The van der Waals surface area contributed by atoms with Crippen LogP contribution in [0.2, 0.25) is 5.02 Å². The Bertz CT molecular complexity index is 680. The van der Waals surface area contributed by atoms with Crippen molar-refractivity contribution in [3.05, 3.63) is 58.4 Å². The highest BCUT2D eigenvalue weighted by Gasteiger charge is 2.11. The molecule has 0 spiro atoms. The zero-order valence-corrected chi connectivity index (χ0v) is 10.1. The van der Waals surface area contributed by atoms with Gasteiger partial charge in [0.1, 0.15) is 11.9 Å². The van der Waals surface area contributed by atoms with E-state index in [-0.39, 0.29) is 16.9 Å². The molecule has 96 valence electrons. The summed E-state index contributed by atoms with van der Waals surface area (Å²) < 4.78 is 39.3. The van der Waals surface area contributed by atoms with Crippen molar-refractivity contribution in [1.29, 1.82) is 5.26 Å². The predicted octanol–water partition coefficient (Wildman–Crippen LogP) is 4.37. The summed E-state index contributed by atoms with van der Waals surface area (Å²) >= 11 is 5.76. The molecule has 6 heteroatoms. The molecule has 0 aliphatic heterocycles. The third-order valence-corrected chi connectivity index (χ3v) is 2.62. The highest BCUT2D eigenvalue weighted by atomic mass is 35.5. The Labute approximate surface area is 112 Å². The maximum absolute atomic E-state index is 13.5. The fourth-order valence-electron chi connectivity index (χ4n) is 1.48. The van der Waals surface area contributed by atoms with Gasteiger partial charge in [-0.1, -0.05) is 11.6 Å². The molecule has 19 heavy (non-hydrogen) atoms. The molecule has 0 aliphatic rings. The van der Waals surface area contributed by atoms with Gasteiger partial charge in [0, 0.05) is 17.2 Å². The third kappa shape index (κ3) is 2.80. The maximum atomic E-state index is 13.5. The fourth-order valence-corrected chi connectivity index (χ4v) is 1.65. The van der Waals surface area contributed by atoms with Crippen LogP contribution in [0.4, 0.5) is 24.5 Å². The monoisotopic (exact) mass is 282 g/mol. The van der Waals surface area contributed by atoms with E-state index in [1.54, 1.807) is 0 Å². The van der Waals surface area contributed by atoms with Crippen molar-refractivity contribution in [3.8, 4) is 6.07 Å². The standard InChI is InChI=1S/C13H6ClF3N2/c14-8-2-1-7(6-18)12(3-8)19-13-5-10(16)9(15)4-11(13)17/h1-5,19H. The molecule has 0 aliphatic carbocycles. The van der Waals surface area contributed by atoms with Gasteiger partial charge in [0.05, 0.1) is 16.9 Å². The van der Waals surface area contributed by atoms with Crippen molar-refractivity contribution < 1.29 is 13.2 Å². The molecular weight excluding hydrogens is 277 g/mol. The van der Waals surface area contributed by atoms with E-state index >= 15 is 0 Å². The van der Waals surface area contributed by atoms with Gasteiger partial charge in [-0.05, 0) is 18.2 Å². The van der Waals surface area contributed by atoms with Gasteiger partial charge in [-0.3, -0.25) is 0 Å². The second kappa shape index (κ2) is 5.21. The quantitative estimate of drug-likeness (QED) is 0.830. The Morgan fingerprint density at radius 1 is 0.947 bits per heavy atom. The summed E-state index contributed by atoms with van der Waals surface area (Å²) in [5.41, 5.74) is 0.131. The van der Waals surface area contributed by atoms with Crippen LogP contribution in [0, 0.1) is 28.8 Å². The first kappa shape index (κ1) is 13.2. The minimum atomic E-state index is -1.28. The fraction of sp³-hybridized carbons (Fsp3) is 0. The van der Waals surface area contributed by atoms with Gasteiger partial charge in [0.2, 0.25) is 0 Å². The Morgan fingerprint density at radius 2 is 1.63 bits per heavy atom. The van der Waals surface area contributed by atoms with Gasteiger partial charge in [0.15, 0.2) is 11.6 Å². The smallest absolute Gasteiger partial charge is 0.161 e. The third-order valence-electron chi connectivity index (χ3n) is 2.38. The first-order valence-electron chi connectivity index (χ1n) is 5.12. The van der Waals surface area contributed by atoms with Crippen LogP contribution >= 0.6 is 11.6 Å². The minimum absolute atomic E-state index is 0.202. The van der Waals surface area contributed by atoms with Crippen LogP contribution in [0.1, 0.15) is 5.56 Å². The lowest BCUT2D eigenvalue weighted by molar-refractivity contribution is 0.496. The van der Waals surface area contributed by atoms with E-state index in [2.05, 4.69) is 5.32 Å². The van der Waals surface area contributed by atoms with Crippen LogP contribution in [-0.2, 0) is 0 Å². The van der Waals surface area contributed by atoms with Crippen LogP contribution in [0.25, 0.3) is 0 Å². The Hall–Kier alpha value is -2.19. The minimum Gasteiger partial charge on any atom is -0.352 e. The number of nitrogens with zero attached hydrogens (tertiary/aromatic N) is 1. The molecule has 0 amide bonds. The predicted molar refractivity (Wildman–Crippen MR) is 65.8 cm³/mol. The van der Waals surface area contributed by atoms with Gasteiger partial charge in [-0.25, -0.2) is 13.2 Å². The summed E-state index contributed by atoms with van der Waals surface area (Å²) in [6, 6.07) is 7.29. The van der Waals surface area contributed by atoms with Crippen molar-refractivity contribution in [1.82, 2.24) is 0 Å². The molecule has 0 radical (unpaired) electrons. The van der Waals surface area contributed by atoms with Crippen molar-refractivity contribution in [2.75, 3.05) is 5.32 Å². The lowest BCUT2D eigenvalue weighted by atomic mass is 10.2. The van der Waals surface area contributed by atoms with Gasteiger partial charge in [-0.15, -0.1) is 0 Å². The van der Waals surface area contributed by atoms with E-state index in [0.29, 0.717) is 17.2 Å². The van der Waals surface area contributed by atoms with E-state index in [1.807, 2.05) is 6.07 Å². The highest BCUT2D eigenvalue weighted by molar-refractivity contribution is 6.30. The average molecular weight is 283 g/mol. The Kier molecular flexibility index (Phi) is 3.63. The van der Waals surface area contributed by atoms with Gasteiger partial charge in [0.25, 0.3) is 0 Å². The van der Waals surface area contributed by atoms with Crippen LogP contribution in [0.3, 0.4) is 0 Å². The van der Waals surface area contributed by atoms with Crippen LogP contribution in [0.5, 0.6) is 0 Å². The molecule has 0 saturated heterocycles. The molecule has 0 fully saturated rings. The molecule has 0 unspecified atom stereocenters. The first-order chi connectivity index (χ1) is 9.01. The summed E-state index contributed by atoms with van der Waals surface area (Å²) in [4.78, 5) is 0. The number of rotatable bonds is 2. The summed E-state index contributed by atoms with van der Waals surface area (Å²) in [5.74, 6) is -3.44. The second-order valence-electron chi connectivity index (χ2n) is 3.67. The van der Waals surface area contributed by atoms with Crippen molar-refractivity contribution >= 4 is 23.0 Å². The molecule has 0 saturated carbocycles. The lowest BCUT2D eigenvalue weighted by Gasteiger charge is -2.10. The van der Waals surface area contributed by atoms with Gasteiger partial charge < -0.3 is 5.32 Å². The molecule has 2 nitrogen and oxygen atoms in total. The van der Waals surface area contributed by atoms with Crippen molar-refractivity contribution in [3.63, 3.8) is 0 Å². The van der Waals surface area contributed by atoms with E-state index in [9.17, 15) is 13.2 Å². The second-order valence-corrected chi connectivity index (χ2v) is 4.11. The van der Waals surface area contributed by atoms with Crippen molar-refractivity contribution in [2.24, 2.45) is 0 Å². The normalized spacial score (nSPS) is 10.1. The summed E-state index contributed by atoms with van der Waals surface area (Å²) in [6.45, 7) is 0. The largest absolute Gasteiger partial charge is 0.352 e. The van der Waals surface area contributed by atoms with Gasteiger partial charge in [-0.2, -0.15) is 5.26 Å². The van der Waals surface area contributed by atoms with E-state index < -0.39 is 17.5 Å². The number of halogens is 4. The zero-order chi connectivity index (χ0) is 14.0. The number of benzene rings is 2. The van der Waals surface area contributed by atoms with Gasteiger partial charge >= 0.3 is 0 Å². The molecule has 0 aromatic heterocycles. The van der Waals surface area contributed by atoms with Crippen LogP contribution < -0.4 is 5.32 Å². The Morgan fingerprint density at radius 3 is 2.32 bits per heavy atom. The topological polar surface area (TPSA) is 35.8 Å². The molecule has 2 aromatic carbocycles. The zero-order valence-electron chi connectivity index (χ0n) is 9.35. The number of anilines is 2. The highest BCUT2D eigenvalue weighted by Crippen LogP contribution is 2.27. The Balaban J connectivity index is 2.45. The number of hydrogen-bond acceptors (Lipinski definition) is 2.